The summed E-state index contributed by atoms with van der Waals surface area (Å²) >= 11 is 1.47. The van der Waals surface area contributed by atoms with Crippen molar-refractivity contribution in [2.45, 2.75) is 13.7 Å². The Kier molecular flexibility index (Phi) is 5.46. The molecule has 0 spiro atoms. The van der Waals surface area contributed by atoms with E-state index in [1.165, 1.54) is 25.1 Å². The van der Waals surface area contributed by atoms with Crippen molar-refractivity contribution in [3.8, 4) is 5.75 Å². The molecule has 0 atom stereocenters. The zero-order chi connectivity index (χ0) is 9.56. The molecule has 0 aliphatic rings. The van der Waals surface area contributed by atoms with Crippen LogP contribution in [-0.4, -0.2) is 20.7 Å². The summed E-state index contributed by atoms with van der Waals surface area (Å²) in [5, 5.41) is 3.61. The van der Waals surface area contributed by atoms with Gasteiger partial charge in [0, 0.05) is 10.8 Å². The topological polar surface area (TPSA) is 26.3 Å². The van der Waals surface area contributed by atoms with Gasteiger partial charge in [-0.2, -0.15) is 0 Å². The second-order valence-corrected chi connectivity index (χ2v) is 2.65. The maximum atomic E-state index is 10.8. The van der Waals surface area contributed by atoms with E-state index < -0.39 is 0 Å². The summed E-state index contributed by atoms with van der Waals surface area (Å²) in [5.41, 5.74) is 0.674. The molecule has 0 aliphatic heterocycles. The highest BCUT2D eigenvalue weighted by Gasteiger charge is 2.06. The SMILES string of the molecule is COc1cscc1C(C)=O.[B]C. The van der Waals surface area contributed by atoms with E-state index in [9.17, 15) is 4.79 Å². The van der Waals surface area contributed by atoms with Gasteiger partial charge in [0.05, 0.1) is 20.5 Å². The fourth-order valence-corrected chi connectivity index (χ4v) is 1.53. The van der Waals surface area contributed by atoms with Gasteiger partial charge in [-0.3, -0.25) is 4.79 Å². The normalized spacial score (nSPS) is 8.25. The van der Waals surface area contributed by atoms with Crippen LogP contribution in [0.25, 0.3) is 0 Å². The van der Waals surface area contributed by atoms with E-state index in [1.54, 1.807) is 12.5 Å². The largest absolute Gasteiger partial charge is 0.495 e. The summed E-state index contributed by atoms with van der Waals surface area (Å²) in [4.78, 5) is 10.8. The number of Topliss-reactive ketones (excluding diaryl/α,β-unsaturated/α-hetero) is 1. The summed E-state index contributed by atoms with van der Waals surface area (Å²) in [6.07, 6.45) is 0. The maximum absolute atomic E-state index is 10.8. The maximum Gasteiger partial charge on any atom is 0.164 e. The number of hydrogen-bond acceptors (Lipinski definition) is 3. The van der Waals surface area contributed by atoms with E-state index in [0.29, 0.717) is 11.3 Å². The summed E-state index contributed by atoms with van der Waals surface area (Å²) in [6, 6.07) is 0. The molecule has 0 aromatic carbocycles. The summed E-state index contributed by atoms with van der Waals surface area (Å²) < 4.78 is 4.94. The van der Waals surface area contributed by atoms with E-state index in [-0.39, 0.29) is 5.78 Å². The highest BCUT2D eigenvalue weighted by atomic mass is 32.1. The van der Waals surface area contributed by atoms with Gasteiger partial charge in [-0.1, -0.05) is 6.82 Å². The Labute approximate surface area is 78.0 Å². The van der Waals surface area contributed by atoms with Crippen LogP contribution in [0.3, 0.4) is 0 Å². The summed E-state index contributed by atoms with van der Waals surface area (Å²) in [6.45, 7) is 3.03. The van der Waals surface area contributed by atoms with Gasteiger partial charge < -0.3 is 4.74 Å². The minimum absolute atomic E-state index is 0.0538. The lowest BCUT2D eigenvalue weighted by atomic mass is 10.2. The molecule has 1 aromatic heterocycles. The number of hydrogen-bond donors (Lipinski definition) is 0. The number of carbonyl (C=O) groups is 1. The van der Waals surface area contributed by atoms with Crippen LogP contribution >= 0.6 is 11.3 Å². The Balaban J connectivity index is 0.000000561. The van der Waals surface area contributed by atoms with Gasteiger partial charge >= 0.3 is 0 Å². The van der Waals surface area contributed by atoms with Crippen LogP contribution in [0.15, 0.2) is 10.8 Å². The highest BCUT2D eigenvalue weighted by Crippen LogP contribution is 2.22. The quantitative estimate of drug-likeness (QED) is 0.517. The van der Waals surface area contributed by atoms with E-state index >= 15 is 0 Å². The van der Waals surface area contributed by atoms with E-state index in [4.69, 9.17) is 4.74 Å². The standard InChI is InChI=1S/C7H8O2S.CH3B/c1-5(8)6-3-10-4-7(6)9-2;1-2/h3-4H,1-2H3;1H3. The summed E-state index contributed by atoms with van der Waals surface area (Å²) in [7, 11) is 6.06. The van der Waals surface area contributed by atoms with Crippen LogP contribution in [0.5, 0.6) is 5.75 Å². The van der Waals surface area contributed by atoms with Crippen LogP contribution in [0, 0.1) is 0 Å². The first-order chi connectivity index (χ1) is 5.75. The Morgan fingerprint density at radius 3 is 2.42 bits per heavy atom. The van der Waals surface area contributed by atoms with Crippen molar-refractivity contribution in [1.82, 2.24) is 0 Å². The monoisotopic (exact) mass is 182 g/mol. The molecule has 2 nitrogen and oxygen atoms in total. The van der Waals surface area contributed by atoms with Crippen molar-refractivity contribution in [3.05, 3.63) is 16.3 Å². The molecule has 1 heterocycles. The molecular weight excluding hydrogens is 171 g/mol. The molecule has 0 saturated carbocycles. The second-order valence-electron chi connectivity index (χ2n) is 1.91. The Hall–Kier alpha value is -0.765. The molecule has 1 rings (SSSR count). The van der Waals surface area contributed by atoms with Gasteiger partial charge in [-0.25, -0.2) is 0 Å². The summed E-state index contributed by atoms with van der Waals surface area (Å²) in [5.74, 6) is 0.732. The number of thiophene rings is 1. The van der Waals surface area contributed by atoms with Gasteiger partial charge in [0.2, 0.25) is 0 Å². The first kappa shape index (κ1) is 11.2. The molecule has 0 N–H and O–H groups in total. The van der Waals surface area contributed by atoms with Crippen molar-refractivity contribution < 1.29 is 9.53 Å². The van der Waals surface area contributed by atoms with Crippen LogP contribution in [0.1, 0.15) is 17.3 Å². The molecule has 0 saturated heterocycles. The fourth-order valence-electron chi connectivity index (χ4n) is 0.700. The van der Waals surface area contributed by atoms with Crippen molar-refractivity contribution in [2.75, 3.05) is 7.11 Å². The number of ketones is 1. The van der Waals surface area contributed by atoms with Crippen LogP contribution in [-0.2, 0) is 0 Å². The van der Waals surface area contributed by atoms with Crippen molar-refractivity contribution >= 4 is 25.0 Å². The van der Waals surface area contributed by atoms with Gasteiger partial charge in [0.25, 0.3) is 0 Å². The first-order valence-electron chi connectivity index (χ1n) is 3.44. The third-order valence-electron chi connectivity index (χ3n) is 1.23. The molecule has 0 bridgehead atoms. The minimum atomic E-state index is 0.0538. The number of carbonyl (C=O) groups excluding carboxylic acids is 1. The fraction of sp³-hybridized carbons (Fsp3) is 0.375. The molecule has 64 valence electrons. The number of ether oxygens (including phenoxy) is 1. The molecule has 0 amide bonds. The van der Waals surface area contributed by atoms with Crippen molar-refractivity contribution in [2.24, 2.45) is 0 Å². The molecule has 0 fully saturated rings. The molecule has 12 heavy (non-hydrogen) atoms. The molecule has 0 aliphatic carbocycles. The molecule has 0 unspecified atom stereocenters. The number of methoxy groups -OCH3 is 1. The minimum Gasteiger partial charge on any atom is -0.495 e. The lowest BCUT2D eigenvalue weighted by Gasteiger charge is -1.95. The van der Waals surface area contributed by atoms with Gasteiger partial charge in [-0.05, 0) is 6.92 Å². The lowest BCUT2D eigenvalue weighted by molar-refractivity contribution is 0.101. The van der Waals surface area contributed by atoms with E-state index in [1.807, 2.05) is 5.38 Å². The smallest absolute Gasteiger partial charge is 0.164 e. The predicted molar refractivity (Wildman–Crippen MR) is 52.5 cm³/mol. The van der Waals surface area contributed by atoms with Crippen LogP contribution < -0.4 is 4.74 Å². The average molecular weight is 182 g/mol. The van der Waals surface area contributed by atoms with E-state index in [0.717, 1.165) is 0 Å². The third-order valence-corrected chi connectivity index (χ3v) is 1.95. The first-order valence-corrected chi connectivity index (χ1v) is 4.39. The molecule has 4 heteroatoms. The third kappa shape index (κ3) is 2.70. The zero-order valence-electron chi connectivity index (χ0n) is 7.46. The number of rotatable bonds is 2. The Bertz CT molecular complexity index is 245. The van der Waals surface area contributed by atoms with Gasteiger partial charge in [0.1, 0.15) is 5.75 Å². The second kappa shape index (κ2) is 5.83. The lowest BCUT2D eigenvalue weighted by Crippen LogP contribution is -1.92. The zero-order valence-corrected chi connectivity index (χ0v) is 8.27. The van der Waals surface area contributed by atoms with Gasteiger partial charge in [-0.15, -0.1) is 11.3 Å². The van der Waals surface area contributed by atoms with Crippen molar-refractivity contribution in [1.29, 1.82) is 0 Å². The Morgan fingerprint density at radius 2 is 2.08 bits per heavy atom. The molecule has 2 radical (unpaired) electrons. The highest BCUT2D eigenvalue weighted by molar-refractivity contribution is 7.08. The molecular formula is C8H11BO2S. The predicted octanol–water partition coefficient (Wildman–Crippen LogP) is 2.16. The van der Waals surface area contributed by atoms with Crippen molar-refractivity contribution in [3.63, 3.8) is 0 Å². The Morgan fingerprint density at radius 1 is 1.50 bits per heavy atom. The van der Waals surface area contributed by atoms with Crippen LogP contribution in [0.2, 0.25) is 6.82 Å². The van der Waals surface area contributed by atoms with Crippen LogP contribution in [0.4, 0.5) is 0 Å². The van der Waals surface area contributed by atoms with Gasteiger partial charge in [0.15, 0.2) is 5.78 Å². The molecule has 1 aromatic rings. The van der Waals surface area contributed by atoms with E-state index in [2.05, 4.69) is 7.85 Å². The average Bonchev–Trinajstić information content (AvgIpc) is 2.55.